The van der Waals surface area contributed by atoms with E-state index in [1.54, 1.807) is 11.3 Å². The van der Waals surface area contributed by atoms with Gasteiger partial charge in [-0.05, 0) is 38.8 Å². The quantitative estimate of drug-likeness (QED) is 0.866. The number of hydrogen-bond acceptors (Lipinski definition) is 4. The molecule has 0 saturated carbocycles. The van der Waals surface area contributed by atoms with Crippen molar-refractivity contribution in [1.82, 2.24) is 15.6 Å². The standard InChI is InChI=1S/C13H21N3OS.2ClH/c1-2-3-12-16-11(9-18-12)8-15-13(17)10-4-6-14-7-5-10;;/h9-10,14H,2-8H2,1H3,(H,15,17);2*1H. The SMILES string of the molecule is CCCc1nc(CNC(=O)C2CCNCC2)cs1.Cl.Cl. The molecule has 0 radical (unpaired) electrons. The van der Waals surface area contributed by atoms with E-state index < -0.39 is 0 Å². The average Bonchev–Trinajstić information content (AvgIpc) is 2.85. The van der Waals surface area contributed by atoms with Crippen LogP contribution in [0.4, 0.5) is 0 Å². The first-order chi connectivity index (χ1) is 8.79. The van der Waals surface area contributed by atoms with Crippen LogP contribution in [0, 0.1) is 5.92 Å². The van der Waals surface area contributed by atoms with Crippen LogP contribution in [-0.2, 0) is 17.8 Å². The van der Waals surface area contributed by atoms with Crippen LogP contribution in [0.2, 0.25) is 0 Å². The van der Waals surface area contributed by atoms with Crippen molar-refractivity contribution in [3.63, 3.8) is 0 Å². The van der Waals surface area contributed by atoms with Crippen molar-refractivity contribution < 1.29 is 4.79 Å². The molecule has 2 N–H and O–H groups in total. The summed E-state index contributed by atoms with van der Waals surface area (Å²) >= 11 is 1.69. The number of piperidine rings is 1. The van der Waals surface area contributed by atoms with Crippen LogP contribution in [-0.4, -0.2) is 24.0 Å². The van der Waals surface area contributed by atoms with E-state index in [9.17, 15) is 4.79 Å². The molecule has 1 aromatic rings. The minimum absolute atomic E-state index is 0. The second kappa shape index (κ2) is 10.4. The van der Waals surface area contributed by atoms with Crippen LogP contribution >= 0.6 is 36.2 Å². The first-order valence-electron chi connectivity index (χ1n) is 6.71. The topological polar surface area (TPSA) is 54.0 Å². The van der Waals surface area contributed by atoms with Gasteiger partial charge in [-0.3, -0.25) is 4.79 Å². The number of thiazole rings is 1. The van der Waals surface area contributed by atoms with Crippen LogP contribution < -0.4 is 10.6 Å². The van der Waals surface area contributed by atoms with Crippen LogP contribution in [0.25, 0.3) is 0 Å². The number of aryl methyl sites for hydroxylation is 1. The van der Waals surface area contributed by atoms with Gasteiger partial charge in [0, 0.05) is 11.3 Å². The molecule has 116 valence electrons. The van der Waals surface area contributed by atoms with Crippen LogP contribution in [0.15, 0.2) is 5.38 Å². The molecule has 1 aromatic heterocycles. The fourth-order valence-corrected chi connectivity index (χ4v) is 3.06. The zero-order chi connectivity index (χ0) is 12.8. The highest BCUT2D eigenvalue weighted by atomic mass is 35.5. The Kier molecular flexibility index (Phi) is 10.2. The number of amides is 1. The minimum Gasteiger partial charge on any atom is -0.350 e. The third kappa shape index (κ3) is 5.95. The lowest BCUT2D eigenvalue weighted by Crippen LogP contribution is -2.37. The Morgan fingerprint density at radius 2 is 2.15 bits per heavy atom. The van der Waals surface area contributed by atoms with Gasteiger partial charge in [0.15, 0.2) is 0 Å². The summed E-state index contributed by atoms with van der Waals surface area (Å²) in [5, 5.41) is 9.49. The van der Waals surface area contributed by atoms with E-state index >= 15 is 0 Å². The van der Waals surface area contributed by atoms with Gasteiger partial charge in [-0.2, -0.15) is 0 Å². The van der Waals surface area contributed by atoms with Gasteiger partial charge >= 0.3 is 0 Å². The summed E-state index contributed by atoms with van der Waals surface area (Å²) in [7, 11) is 0. The number of carbonyl (C=O) groups excluding carboxylic acids is 1. The first kappa shape index (κ1) is 19.6. The van der Waals surface area contributed by atoms with Gasteiger partial charge < -0.3 is 10.6 Å². The van der Waals surface area contributed by atoms with Gasteiger partial charge in [0.05, 0.1) is 17.2 Å². The monoisotopic (exact) mass is 339 g/mol. The predicted octanol–water partition coefficient (Wildman–Crippen LogP) is 2.56. The van der Waals surface area contributed by atoms with Crippen molar-refractivity contribution in [3.8, 4) is 0 Å². The summed E-state index contributed by atoms with van der Waals surface area (Å²) in [6.45, 7) is 4.63. The molecule has 20 heavy (non-hydrogen) atoms. The summed E-state index contributed by atoms with van der Waals surface area (Å²) in [4.78, 5) is 16.4. The highest BCUT2D eigenvalue weighted by Crippen LogP contribution is 2.13. The number of aromatic nitrogens is 1. The number of nitrogens with one attached hydrogen (secondary N) is 2. The van der Waals surface area contributed by atoms with Gasteiger partial charge in [-0.25, -0.2) is 4.98 Å². The first-order valence-corrected chi connectivity index (χ1v) is 7.59. The maximum Gasteiger partial charge on any atom is 0.223 e. The van der Waals surface area contributed by atoms with Gasteiger partial charge in [-0.15, -0.1) is 36.2 Å². The molecule has 0 aliphatic carbocycles. The van der Waals surface area contributed by atoms with Crippen molar-refractivity contribution in [3.05, 3.63) is 16.1 Å². The summed E-state index contributed by atoms with van der Waals surface area (Å²) < 4.78 is 0. The van der Waals surface area contributed by atoms with Crippen molar-refractivity contribution in [2.24, 2.45) is 5.92 Å². The Balaban J connectivity index is 0.00000180. The van der Waals surface area contributed by atoms with E-state index in [2.05, 4.69) is 22.5 Å². The van der Waals surface area contributed by atoms with Crippen molar-refractivity contribution in [2.45, 2.75) is 39.2 Å². The largest absolute Gasteiger partial charge is 0.350 e. The zero-order valence-electron chi connectivity index (χ0n) is 11.7. The minimum atomic E-state index is 0. The fourth-order valence-electron chi connectivity index (χ4n) is 2.16. The van der Waals surface area contributed by atoms with E-state index in [0.29, 0.717) is 6.54 Å². The molecule has 0 unspecified atom stereocenters. The van der Waals surface area contributed by atoms with Crippen molar-refractivity contribution in [1.29, 1.82) is 0 Å². The Bertz CT molecular complexity index is 395. The normalized spacial score (nSPS) is 15.1. The number of halogens is 2. The Morgan fingerprint density at radius 3 is 2.80 bits per heavy atom. The maximum absolute atomic E-state index is 11.9. The van der Waals surface area contributed by atoms with Gasteiger partial charge in [0.25, 0.3) is 0 Å². The second-order valence-corrected chi connectivity index (χ2v) is 5.67. The van der Waals surface area contributed by atoms with Crippen molar-refractivity contribution in [2.75, 3.05) is 13.1 Å². The molecule has 1 amide bonds. The lowest BCUT2D eigenvalue weighted by molar-refractivity contribution is -0.125. The molecule has 0 aromatic carbocycles. The molecule has 0 spiro atoms. The second-order valence-electron chi connectivity index (χ2n) is 4.72. The maximum atomic E-state index is 11.9. The van der Waals surface area contributed by atoms with Gasteiger partial charge in [0.2, 0.25) is 5.91 Å². The van der Waals surface area contributed by atoms with Gasteiger partial charge in [0.1, 0.15) is 0 Å². The molecular formula is C13H23Cl2N3OS. The molecule has 4 nitrogen and oxygen atoms in total. The third-order valence-corrected chi connectivity index (χ3v) is 4.17. The molecule has 2 rings (SSSR count). The molecular weight excluding hydrogens is 317 g/mol. The molecule has 1 aliphatic rings. The molecule has 2 heterocycles. The highest BCUT2D eigenvalue weighted by molar-refractivity contribution is 7.09. The fraction of sp³-hybridized carbons (Fsp3) is 0.692. The smallest absolute Gasteiger partial charge is 0.223 e. The molecule has 0 bridgehead atoms. The number of nitrogens with zero attached hydrogens (tertiary/aromatic N) is 1. The molecule has 7 heteroatoms. The van der Waals surface area contributed by atoms with Crippen LogP contribution in [0.1, 0.15) is 36.9 Å². The molecule has 1 aliphatic heterocycles. The number of carbonyl (C=O) groups is 1. The van der Waals surface area contributed by atoms with E-state index in [0.717, 1.165) is 44.5 Å². The van der Waals surface area contributed by atoms with E-state index in [4.69, 9.17) is 0 Å². The molecule has 1 saturated heterocycles. The Hall–Kier alpha value is -0.360. The third-order valence-electron chi connectivity index (χ3n) is 3.22. The van der Waals surface area contributed by atoms with Crippen LogP contribution in [0.3, 0.4) is 0 Å². The van der Waals surface area contributed by atoms with E-state index in [-0.39, 0.29) is 36.6 Å². The number of hydrogen-bond donors (Lipinski definition) is 2. The lowest BCUT2D eigenvalue weighted by Gasteiger charge is -2.21. The zero-order valence-corrected chi connectivity index (χ0v) is 14.1. The summed E-state index contributed by atoms with van der Waals surface area (Å²) in [6, 6.07) is 0. The number of rotatable bonds is 5. The summed E-state index contributed by atoms with van der Waals surface area (Å²) in [5.74, 6) is 0.363. The Morgan fingerprint density at radius 1 is 1.45 bits per heavy atom. The summed E-state index contributed by atoms with van der Waals surface area (Å²) in [5.41, 5.74) is 0.991. The Labute approximate surface area is 137 Å². The van der Waals surface area contributed by atoms with Gasteiger partial charge in [-0.1, -0.05) is 6.92 Å². The van der Waals surface area contributed by atoms with E-state index in [1.807, 2.05) is 5.38 Å². The summed E-state index contributed by atoms with van der Waals surface area (Å²) in [6.07, 6.45) is 4.05. The van der Waals surface area contributed by atoms with Crippen LogP contribution in [0.5, 0.6) is 0 Å². The molecule has 1 fully saturated rings. The highest BCUT2D eigenvalue weighted by Gasteiger charge is 2.20. The molecule has 0 atom stereocenters. The van der Waals surface area contributed by atoms with Crippen molar-refractivity contribution >= 4 is 42.1 Å². The van der Waals surface area contributed by atoms with E-state index in [1.165, 1.54) is 5.01 Å². The lowest BCUT2D eigenvalue weighted by atomic mass is 9.97. The predicted molar refractivity (Wildman–Crippen MR) is 88.0 cm³/mol. The average molecular weight is 340 g/mol.